The lowest BCUT2D eigenvalue weighted by atomic mass is 9.69. The summed E-state index contributed by atoms with van der Waals surface area (Å²) in [5, 5.41) is 12.7. The number of allylic oxidation sites excluding steroid dienone is 2. The van der Waals surface area contributed by atoms with Crippen LogP contribution in [0.1, 0.15) is 54.4 Å². The summed E-state index contributed by atoms with van der Waals surface area (Å²) >= 11 is 0. The molecular weight excluding hydrogens is 554 g/mol. The largest absolute Gasteiger partial charge is 0.460 e. The Morgan fingerprint density at radius 1 is 1.12 bits per heavy atom. The third-order valence-electron chi connectivity index (χ3n) is 8.29. The van der Waals surface area contributed by atoms with Crippen molar-refractivity contribution in [2.75, 3.05) is 40.4 Å². The molecule has 7 rings (SSSR count). The third kappa shape index (κ3) is 5.80. The van der Waals surface area contributed by atoms with E-state index in [-0.39, 0.29) is 37.7 Å². The van der Waals surface area contributed by atoms with E-state index in [2.05, 4.69) is 21.1 Å². The number of pyridine rings is 1. The Labute approximate surface area is 236 Å². The summed E-state index contributed by atoms with van der Waals surface area (Å²) in [6.07, 6.45) is 7.33. The lowest BCUT2D eigenvalue weighted by Gasteiger charge is -2.36. The molecule has 3 aromatic rings. The SMILES string of the molecule is O=C(Nc1cc2ccoc2c(N2CCC(F)(F)CC2)n1)c1ccc(NS(=O)(=O)CCO)cc1C1=CC2CCC1CC2. The molecule has 218 valence electrons. The molecule has 1 amide bonds. The van der Waals surface area contributed by atoms with E-state index in [0.717, 1.165) is 31.3 Å². The number of nitrogens with zero attached hydrogens (tertiary/aromatic N) is 2. The highest BCUT2D eigenvalue weighted by Gasteiger charge is 2.36. The quantitative estimate of drug-likeness (QED) is 0.329. The van der Waals surface area contributed by atoms with Crippen LogP contribution in [0, 0.1) is 11.8 Å². The number of hydrogen-bond donors (Lipinski definition) is 3. The summed E-state index contributed by atoms with van der Waals surface area (Å²) in [5.41, 5.74) is 2.85. The van der Waals surface area contributed by atoms with Crippen LogP contribution in [0.3, 0.4) is 0 Å². The van der Waals surface area contributed by atoms with Gasteiger partial charge in [-0.25, -0.2) is 22.2 Å². The van der Waals surface area contributed by atoms with Crippen LogP contribution in [-0.2, 0) is 10.0 Å². The predicted octanol–water partition coefficient (Wildman–Crippen LogP) is 5.25. The van der Waals surface area contributed by atoms with Gasteiger partial charge in [0.15, 0.2) is 11.4 Å². The van der Waals surface area contributed by atoms with E-state index in [9.17, 15) is 22.0 Å². The molecule has 3 heterocycles. The Morgan fingerprint density at radius 2 is 1.88 bits per heavy atom. The van der Waals surface area contributed by atoms with Gasteiger partial charge in [0, 0.05) is 42.6 Å². The van der Waals surface area contributed by atoms with Crippen molar-refractivity contribution in [2.24, 2.45) is 11.8 Å². The minimum absolute atomic E-state index is 0.113. The van der Waals surface area contributed by atoms with E-state index in [1.807, 2.05) is 0 Å². The lowest BCUT2D eigenvalue weighted by Crippen LogP contribution is -2.39. The number of aliphatic hydroxyl groups excluding tert-OH is 1. The highest BCUT2D eigenvalue weighted by atomic mass is 32.2. The molecule has 2 bridgehead atoms. The number of rotatable bonds is 8. The molecule has 3 N–H and O–H groups in total. The van der Waals surface area contributed by atoms with Crippen LogP contribution in [0.4, 0.5) is 26.1 Å². The first-order chi connectivity index (χ1) is 19.6. The number of carbonyl (C=O) groups is 1. The molecule has 3 aliphatic carbocycles. The molecule has 0 spiro atoms. The Morgan fingerprint density at radius 3 is 2.56 bits per heavy atom. The maximum Gasteiger partial charge on any atom is 0.257 e. The maximum absolute atomic E-state index is 13.8. The first kappa shape index (κ1) is 27.6. The Kier molecular flexibility index (Phi) is 7.23. The van der Waals surface area contributed by atoms with Gasteiger partial charge in [0.25, 0.3) is 11.8 Å². The number of carbonyl (C=O) groups excluding carboxylic acids is 1. The molecular formula is C29H32F2N4O5S. The van der Waals surface area contributed by atoms with Crippen molar-refractivity contribution in [2.45, 2.75) is 44.4 Å². The summed E-state index contributed by atoms with van der Waals surface area (Å²) < 4.78 is 60.4. The number of fused-ring (bicyclic) bond motifs is 3. The van der Waals surface area contributed by atoms with Gasteiger partial charge in [-0.05, 0) is 79.0 Å². The standard InChI is InChI=1S/C29H32F2N4O5S/c30-29(31)8-10-35(11-9-29)27-26-20(7-13-40-26)16-25(32-27)33-28(37)22-6-5-21(34-41(38,39)14-12-36)17-24(22)23-15-18-1-3-19(23)4-2-18/h5-7,13,15-19,34,36H,1-4,8-12,14H2,(H,32,33,37). The molecule has 2 fully saturated rings. The minimum atomic E-state index is -3.75. The van der Waals surface area contributed by atoms with Crippen molar-refractivity contribution >= 4 is 49.8 Å². The van der Waals surface area contributed by atoms with Gasteiger partial charge in [-0.15, -0.1) is 0 Å². The number of piperidine rings is 1. The number of alkyl halides is 2. The van der Waals surface area contributed by atoms with Gasteiger partial charge >= 0.3 is 0 Å². The van der Waals surface area contributed by atoms with Crippen LogP contribution in [-0.4, -0.2) is 55.8 Å². The minimum Gasteiger partial charge on any atom is -0.460 e. The van der Waals surface area contributed by atoms with Crippen molar-refractivity contribution in [1.82, 2.24) is 4.98 Å². The number of sulfonamides is 1. The third-order valence-corrected chi connectivity index (χ3v) is 9.56. The second-order valence-corrected chi connectivity index (χ2v) is 12.9. The fourth-order valence-corrected chi connectivity index (χ4v) is 6.99. The molecule has 2 aromatic heterocycles. The molecule has 1 aromatic carbocycles. The number of hydrogen-bond acceptors (Lipinski definition) is 7. The second kappa shape index (κ2) is 10.7. The molecule has 12 heteroatoms. The zero-order chi connectivity index (χ0) is 28.8. The van der Waals surface area contributed by atoms with Gasteiger partial charge < -0.3 is 19.7 Å². The van der Waals surface area contributed by atoms with Gasteiger partial charge in [0.2, 0.25) is 10.0 Å². The first-order valence-corrected chi connectivity index (χ1v) is 15.6. The molecule has 4 aliphatic rings. The molecule has 0 radical (unpaired) electrons. The number of furan rings is 1. The first-order valence-electron chi connectivity index (χ1n) is 13.9. The number of amides is 1. The van der Waals surface area contributed by atoms with Crippen LogP contribution in [0.2, 0.25) is 0 Å². The highest BCUT2D eigenvalue weighted by molar-refractivity contribution is 7.92. The molecule has 1 saturated heterocycles. The summed E-state index contributed by atoms with van der Waals surface area (Å²) in [6.45, 7) is -0.281. The Balaban J connectivity index is 1.33. The zero-order valence-corrected chi connectivity index (χ0v) is 23.2. The normalized spacial score (nSPS) is 22.0. The van der Waals surface area contributed by atoms with Gasteiger partial charge in [-0.1, -0.05) is 6.08 Å². The molecule has 0 atom stereocenters. The van der Waals surface area contributed by atoms with Gasteiger partial charge in [0.05, 0.1) is 18.6 Å². The smallest absolute Gasteiger partial charge is 0.257 e. The number of halogens is 2. The number of anilines is 3. The number of benzene rings is 1. The molecule has 1 saturated carbocycles. The maximum atomic E-state index is 13.8. The molecule has 0 unspecified atom stereocenters. The van der Waals surface area contributed by atoms with Gasteiger partial charge in [-0.3, -0.25) is 9.52 Å². The molecule has 41 heavy (non-hydrogen) atoms. The number of aliphatic hydroxyl groups is 1. The molecule has 1 aliphatic heterocycles. The lowest BCUT2D eigenvalue weighted by molar-refractivity contribution is -0.0221. The van der Waals surface area contributed by atoms with E-state index in [1.54, 1.807) is 29.2 Å². The zero-order valence-electron chi connectivity index (χ0n) is 22.4. The summed E-state index contributed by atoms with van der Waals surface area (Å²) in [6, 6.07) is 8.21. The van der Waals surface area contributed by atoms with Crippen LogP contribution in [0.25, 0.3) is 16.5 Å². The van der Waals surface area contributed by atoms with Crippen molar-refractivity contribution in [3.05, 3.63) is 53.8 Å². The van der Waals surface area contributed by atoms with Crippen LogP contribution < -0.4 is 14.9 Å². The van der Waals surface area contributed by atoms with Crippen LogP contribution in [0.15, 0.2) is 47.1 Å². The summed E-state index contributed by atoms with van der Waals surface area (Å²) in [7, 11) is -3.75. The summed E-state index contributed by atoms with van der Waals surface area (Å²) in [4.78, 5) is 20.1. The van der Waals surface area contributed by atoms with E-state index in [1.165, 1.54) is 12.3 Å². The van der Waals surface area contributed by atoms with E-state index < -0.39 is 34.2 Å². The summed E-state index contributed by atoms with van der Waals surface area (Å²) in [5.74, 6) is -2.21. The molecule has 9 nitrogen and oxygen atoms in total. The van der Waals surface area contributed by atoms with Crippen molar-refractivity contribution in [1.29, 1.82) is 0 Å². The number of nitrogens with one attached hydrogen (secondary N) is 2. The van der Waals surface area contributed by atoms with Crippen molar-refractivity contribution in [3.8, 4) is 0 Å². The topological polar surface area (TPSA) is 125 Å². The Bertz CT molecular complexity index is 1600. The number of aromatic nitrogens is 1. The second-order valence-electron chi connectivity index (χ2n) is 11.1. The average molecular weight is 587 g/mol. The predicted molar refractivity (Wildman–Crippen MR) is 153 cm³/mol. The fraction of sp³-hybridized carbons (Fsp3) is 0.448. The fourth-order valence-electron chi connectivity index (χ4n) is 6.16. The van der Waals surface area contributed by atoms with Gasteiger partial charge in [0.1, 0.15) is 5.82 Å². The van der Waals surface area contributed by atoms with Crippen LogP contribution >= 0.6 is 0 Å². The van der Waals surface area contributed by atoms with Crippen molar-refractivity contribution < 1.29 is 31.5 Å². The Hall–Kier alpha value is -3.51. The van der Waals surface area contributed by atoms with E-state index in [0.29, 0.717) is 39.5 Å². The highest BCUT2D eigenvalue weighted by Crippen LogP contribution is 2.46. The van der Waals surface area contributed by atoms with E-state index >= 15 is 0 Å². The van der Waals surface area contributed by atoms with Gasteiger partial charge in [-0.2, -0.15) is 0 Å². The van der Waals surface area contributed by atoms with Crippen LogP contribution in [0.5, 0.6) is 0 Å². The average Bonchev–Trinajstić information content (AvgIpc) is 3.42. The van der Waals surface area contributed by atoms with Crippen molar-refractivity contribution in [3.63, 3.8) is 0 Å². The van der Waals surface area contributed by atoms with E-state index in [4.69, 9.17) is 9.52 Å². The monoisotopic (exact) mass is 586 g/mol.